The summed E-state index contributed by atoms with van der Waals surface area (Å²) in [6.45, 7) is 9.03. The van der Waals surface area contributed by atoms with Crippen molar-refractivity contribution in [3.05, 3.63) is 12.0 Å². The third-order valence-electron chi connectivity index (χ3n) is 3.64. The molecule has 0 saturated carbocycles. The quantitative estimate of drug-likeness (QED) is 0.330. The second kappa shape index (κ2) is 6.83. The molecule has 1 heterocycles. The molecule has 2 unspecified atom stereocenters. The minimum Gasteiger partial charge on any atom is -0.500 e. The number of allylic oxidation sites excluding steroid dienone is 1. The number of nitrogens with one attached hydrogen (secondary N) is 1. The van der Waals surface area contributed by atoms with Crippen LogP contribution in [0.15, 0.2) is 12.0 Å². The Morgan fingerprint density at radius 1 is 1.39 bits per heavy atom. The summed E-state index contributed by atoms with van der Waals surface area (Å²) in [5, 5.41) is 7.35. The lowest BCUT2D eigenvalue weighted by molar-refractivity contribution is 0.259. The fourth-order valence-corrected chi connectivity index (χ4v) is 2.01. The maximum atomic E-state index is 7.11. The summed E-state index contributed by atoms with van der Waals surface area (Å²) in [5.41, 5.74) is 5.75. The zero-order chi connectivity index (χ0) is 14.4. The smallest absolute Gasteiger partial charge is 0.127 e. The highest BCUT2D eigenvalue weighted by molar-refractivity contribution is 6.59. The van der Waals surface area contributed by atoms with Crippen molar-refractivity contribution in [1.82, 2.24) is 4.90 Å². The predicted molar refractivity (Wildman–Crippen MR) is 79.1 cm³/mol. The predicted octanol–water partition coefficient (Wildman–Crippen LogP) is 2.46. The van der Waals surface area contributed by atoms with E-state index in [4.69, 9.17) is 15.9 Å². The summed E-state index contributed by atoms with van der Waals surface area (Å²) in [6.07, 6.45) is 3.91. The van der Waals surface area contributed by atoms with E-state index in [0.29, 0.717) is 6.54 Å². The van der Waals surface area contributed by atoms with Crippen LogP contribution >= 0.6 is 0 Å². The van der Waals surface area contributed by atoms with Crippen LogP contribution in [0.2, 0.25) is 10.6 Å². The Kier molecular flexibility index (Phi) is 6.46. The normalized spacial score (nSPS) is 29.6. The first-order valence-corrected chi connectivity index (χ1v) is 6.45. The van der Waals surface area contributed by atoms with E-state index < -0.39 is 0 Å². The standard InChI is InChI=1S/C11H21BN3O.C2H6/c1-10(11(2,7-13)12-10)5-9(16-4)6-15(3)8-14;1-2/h6,8,14H,5,7,13H2,1-4H3;1-2H3/b9-6-,14-8?;. The molecule has 1 fully saturated rings. The van der Waals surface area contributed by atoms with Crippen molar-refractivity contribution in [2.45, 2.75) is 44.7 Å². The van der Waals surface area contributed by atoms with E-state index in [1.54, 1.807) is 12.0 Å². The molecule has 2 atom stereocenters. The fraction of sp³-hybridized carbons (Fsp3) is 0.769. The van der Waals surface area contributed by atoms with E-state index in [9.17, 15) is 0 Å². The number of hydrogen-bond donors (Lipinski definition) is 2. The van der Waals surface area contributed by atoms with Gasteiger partial charge in [0.05, 0.1) is 13.4 Å². The molecule has 0 aliphatic carbocycles. The zero-order valence-corrected chi connectivity index (χ0v) is 12.6. The number of hydrogen-bond acceptors (Lipinski definition) is 3. The highest BCUT2D eigenvalue weighted by Gasteiger charge is 2.60. The summed E-state index contributed by atoms with van der Waals surface area (Å²) >= 11 is 0. The zero-order valence-electron chi connectivity index (χ0n) is 12.6. The van der Waals surface area contributed by atoms with E-state index in [-0.39, 0.29) is 10.6 Å². The molecule has 4 nitrogen and oxygen atoms in total. The Balaban J connectivity index is 0.00000137. The van der Waals surface area contributed by atoms with Crippen LogP contribution < -0.4 is 5.73 Å². The molecule has 103 valence electrons. The molecule has 1 rings (SSSR count). The maximum Gasteiger partial charge on any atom is 0.127 e. The van der Waals surface area contributed by atoms with Crippen LogP contribution in [0.25, 0.3) is 0 Å². The van der Waals surface area contributed by atoms with E-state index in [1.807, 2.05) is 27.1 Å². The highest BCUT2D eigenvalue weighted by atomic mass is 16.5. The second-order valence-corrected chi connectivity index (χ2v) is 4.95. The first kappa shape index (κ1) is 17.0. The molecule has 0 spiro atoms. The van der Waals surface area contributed by atoms with Crippen molar-refractivity contribution >= 4 is 13.6 Å². The molecule has 0 bridgehead atoms. The molecule has 0 amide bonds. The Hall–Kier alpha value is -0.965. The van der Waals surface area contributed by atoms with Gasteiger partial charge in [-0.1, -0.05) is 33.0 Å². The van der Waals surface area contributed by atoms with Crippen molar-refractivity contribution in [2.24, 2.45) is 5.73 Å². The summed E-state index contributed by atoms with van der Waals surface area (Å²) in [4.78, 5) is 1.67. The van der Waals surface area contributed by atoms with Gasteiger partial charge in [-0.15, -0.1) is 0 Å². The summed E-state index contributed by atoms with van der Waals surface area (Å²) in [7, 11) is 5.75. The van der Waals surface area contributed by atoms with Crippen molar-refractivity contribution in [3.8, 4) is 0 Å². The molecule has 18 heavy (non-hydrogen) atoms. The average molecular weight is 252 g/mol. The molecule has 0 aromatic heterocycles. The van der Waals surface area contributed by atoms with Crippen molar-refractivity contribution in [3.63, 3.8) is 0 Å². The molecule has 0 aromatic rings. The lowest BCUT2D eigenvalue weighted by Gasteiger charge is -2.21. The SMILES string of the molecule is CC.CO/C(=C\N(C)C=N)CC1(C)[B]C1(C)CN. The molecule has 0 aromatic carbocycles. The molecule has 5 heteroatoms. The van der Waals surface area contributed by atoms with Gasteiger partial charge in [0.15, 0.2) is 0 Å². The largest absolute Gasteiger partial charge is 0.500 e. The minimum absolute atomic E-state index is 0.118. The van der Waals surface area contributed by atoms with E-state index in [0.717, 1.165) is 12.2 Å². The van der Waals surface area contributed by atoms with Gasteiger partial charge in [0.2, 0.25) is 0 Å². The molecular formula is C13H27BN3O. The van der Waals surface area contributed by atoms with Crippen molar-refractivity contribution in [1.29, 1.82) is 5.41 Å². The molecule has 1 aliphatic heterocycles. The van der Waals surface area contributed by atoms with Crippen molar-refractivity contribution in [2.75, 3.05) is 20.7 Å². The van der Waals surface area contributed by atoms with Gasteiger partial charge in [0.1, 0.15) is 13.0 Å². The van der Waals surface area contributed by atoms with Gasteiger partial charge in [-0.2, -0.15) is 0 Å². The second-order valence-electron chi connectivity index (χ2n) is 4.95. The van der Waals surface area contributed by atoms with Gasteiger partial charge in [-0.05, 0) is 11.9 Å². The van der Waals surface area contributed by atoms with E-state index in [2.05, 4.69) is 21.1 Å². The average Bonchev–Trinajstić information content (AvgIpc) is 2.93. The number of methoxy groups -OCH3 is 1. The van der Waals surface area contributed by atoms with Crippen LogP contribution in [0.3, 0.4) is 0 Å². The lowest BCUT2D eigenvalue weighted by atomic mass is 9.85. The van der Waals surface area contributed by atoms with Crippen LogP contribution in [0.4, 0.5) is 0 Å². The summed E-state index contributed by atoms with van der Waals surface area (Å²) in [5.74, 6) is 0.877. The lowest BCUT2D eigenvalue weighted by Crippen LogP contribution is -2.12. The van der Waals surface area contributed by atoms with Gasteiger partial charge >= 0.3 is 0 Å². The van der Waals surface area contributed by atoms with E-state index in [1.165, 1.54) is 6.34 Å². The number of nitrogens with two attached hydrogens (primary N) is 1. The monoisotopic (exact) mass is 252 g/mol. The molecular weight excluding hydrogens is 225 g/mol. The number of rotatable bonds is 6. The van der Waals surface area contributed by atoms with Gasteiger partial charge in [0.25, 0.3) is 0 Å². The van der Waals surface area contributed by atoms with Gasteiger partial charge < -0.3 is 15.4 Å². The van der Waals surface area contributed by atoms with Crippen molar-refractivity contribution < 1.29 is 4.74 Å². The number of nitrogens with zero attached hydrogens (tertiary/aromatic N) is 1. The summed E-state index contributed by atoms with van der Waals surface area (Å²) < 4.78 is 5.33. The Morgan fingerprint density at radius 3 is 2.28 bits per heavy atom. The third kappa shape index (κ3) is 3.77. The van der Waals surface area contributed by atoms with Crippen LogP contribution in [0.1, 0.15) is 34.1 Å². The minimum atomic E-state index is 0.118. The first-order valence-electron chi connectivity index (χ1n) is 6.45. The Bertz CT molecular complexity index is 309. The third-order valence-corrected chi connectivity index (χ3v) is 3.64. The molecule has 1 aliphatic rings. The fourth-order valence-electron chi connectivity index (χ4n) is 2.01. The maximum absolute atomic E-state index is 7.11. The molecule has 1 radical (unpaired) electrons. The first-order chi connectivity index (χ1) is 8.40. The molecule has 1 saturated heterocycles. The van der Waals surface area contributed by atoms with E-state index >= 15 is 0 Å². The Morgan fingerprint density at radius 2 is 1.94 bits per heavy atom. The number of ether oxygens (including phenoxy) is 1. The van der Waals surface area contributed by atoms with Gasteiger partial charge in [-0.25, -0.2) is 0 Å². The van der Waals surface area contributed by atoms with Crippen LogP contribution in [0.5, 0.6) is 0 Å². The highest BCUT2D eigenvalue weighted by Crippen LogP contribution is 2.70. The van der Waals surface area contributed by atoms with Crippen LogP contribution in [0, 0.1) is 5.41 Å². The van der Waals surface area contributed by atoms with Crippen LogP contribution in [-0.4, -0.2) is 39.2 Å². The topological polar surface area (TPSA) is 62.3 Å². The van der Waals surface area contributed by atoms with Crippen LogP contribution in [-0.2, 0) is 4.74 Å². The van der Waals surface area contributed by atoms with Gasteiger partial charge in [0, 0.05) is 19.7 Å². The molecule has 3 N–H and O–H groups in total. The van der Waals surface area contributed by atoms with Gasteiger partial charge in [-0.3, -0.25) is 5.41 Å². The summed E-state index contributed by atoms with van der Waals surface area (Å²) in [6, 6.07) is 0. The Labute approximate surface area is 112 Å².